The normalized spacial score (nSPS) is 26.1. The monoisotopic (exact) mass is 451 g/mol. The fourth-order valence-corrected chi connectivity index (χ4v) is 5.98. The molecule has 5 atom stereocenters. The van der Waals surface area contributed by atoms with Gasteiger partial charge in [-0.1, -0.05) is 48.6 Å². The highest BCUT2D eigenvalue weighted by atomic mass is 16.2. The van der Waals surface area contributed by atoms with Crippen molar-refractivity contribution in [2.24, 2.45) is 23.7 Å². The van der Waals surface area contributed by atoms with Crippen molar-refractivity contribution < 1.29 is 14.4 Å². The van der Waals surface area contributed by atoms with E-state index in [0.29, 0.717) is 5.69 Å². The Kier molecular flexibility index (Phi) is 5.01. The zero-order chi connectivity index (χ0) is 23.2. The maximum absolute atomic E-state index is 13.6. The second-order valence-electron chi connectivity index (χ2n) is 9.48. The van der Waals surface area contributed by atoms with Gasteiger partial charge in [-0.25, -0.2) is 0 Å². The predicted molar refractivity (Wildman–Crippen MR) is 128 cm³/mol. The highest BCUT2D eigenvalue weighted by molar-refractivity contribution is 6.07. The number of carbonyl (C=O) groups is 3. The van der Waals surface area contributed by atoms with Crippen molar-refractivity contribution >= 4 is 34.3 Å². The molecule has 1 saturated carbocycles. The van der Waals surface area contributed by atoms with E-state index in [-0.39, 0.29) is 47.8 Å². The van der Waals surface area contributed by atoms with Gasteiger partial charge in [0.2, 0.25) is 17.7 Å². The van der Waals surface area contributed by atoms with E-state index in [1.807, 2.05) is 60.7 Å². The number of nitrogens with one attached hydrogen (secondary N) is 1. The lowest BCUT2D eigenvalue weighted by Crippen LogP contribution is -2.38. The minimum absolute atomic E-state index is 0.00870. The Morgan fingerprint density at radius 1 is 0.941 bits per heavy atom. The highest BCUT2D eigenvalue weighted by Gasteiger charge is 2.58. The summed E-state index contributed by atoms with van der Waals surface area (Å²) in [5, 5.41) is 3.88. The van der Waals surface area contributed by atoms with E-state index in [1.165, 1.54) is 4.90 Å². The van der Waals surface area contributed by atoms with Crippen LogP contribution >= 0.6 is 0 Å². The van der Waals surface area contributed by atoms with Gasteiger partial charge >= 0.3 is 0 Å². The van der Waals surface area contributed by atoms with Crippen molar-refractivity contribution in [3.63, 3.8) is 0 Å². The standard InChI is InChI=1S/C28H25N3O3/c32-24(30-21-12-13-22-20(15-21)7-4-14-29-22)16-23(17-5-2-1-3-6-17)31-27(33)25-18-8-9-19(11-10-18)26(25)28(31)34/h1-9,12-15,18-19,23,25-26H,10-11,16H2,(H,30,32)/t18-,19-,23-,25-,26+/m0/s1. The minimum atomic E-state index is -0.631. The third kappa shape index (κ3) is 3.41. The third-order valence-electron chi connectivity index (χ3n) is 7.55. The molecule has 3 aliphatic carbocycles. The molecule has 6 heteroatoms. The Bertz CT molecular complexity index is 1290. The van der Waals surface area contributed by atoms with E-state index >= 15 is 0 Å². The molecule has 2 aromatic carbocycles. The molecule has 0 radical (unpaired) electrons. The number of likely N-dealkylation sites (tertiary alicyclic amines) is 1. The Morgan fingerprint density at radius 3 is 2.32 bits per heavy atom. The summed E-state index contributed by atoms with van der Waals surface area (Å²) >= 11 is 0. The van der Waals surface area contributed by atoms with E-state index in [9.17, 15) is 14.4 Å². The zero-order valence-electron chi connectivity index (χ0n) is 18.6. The van der Waals surface area contributed by atoms with Gasteiger partial charge in [-0.05, 0) is 54.5 Å². The second kappa shape index (κ2) is 8.20. The number of allylic oxidation sites excluding steroid dienone is 2. The average Bonchev–Trinajstić information content (AvgIpc) is 3.16. The van der Waals surface area contributed by atoms with Gasteiger partial charge in [0.15, 0.2) is 0 Å². The first-order chi connectivity index (χ1) is 16.6. The van der Waals surface area contributed by atoms with Crippen molar-refractivity contribution in [3.05, 3.63) is 84.6 Å². The first-order valence-electron chi connectivity index (χ1n) is 11.8. The summed E-state index contributed by atoms with van der Waals surface area (Å²) in [4.78, 5) is 46.0. The molecule has 1 aliphatic heterocycles. The first kappa shape index (κ1) is 20.8. The number of nitrogens with zero attached hydrogens (tertiary/aromatic N) is 2. The van der Waals surface area contributed by atoms with Gasteiger partial charge in [0, 0.05) is 17.3 Å². The van der Waals surface area contributed by atoms with E-state index in [1.54, 1.807) is 6.20 Å². The summed E-state index contributed by atoms with van der Waals surface area (Å²) < 4.78 is 0. The van der Waals surface area contributed by atoms with E-state index in [2.05, 4.69) is 22.5 Å². The fraction of sp³-hybridized carbons (Fsp3) is 0.286. The first-order valence-corrected chi connectivity index (χ1v) is 11.8. The van der Waals surface area contributed by atoms with Gasteiger partial charge < -0.3 is 5.32 Å². The second-order valence-corrected chi connectivity index (χ2v) is 9.48. The van der Waals surface area contributed by atoms with Gasteiger partial charge in [-0.3, -0.25) is 24.3 Å². The van der Waals surface area contributed by atoms with Gasteiger partial charge in [-0.2, -0.15) is 0 Å². The van der Waals surface area contributed by atoms with Crippen LogP contribution in [0.3, 0.4) is 0 Å². The lowest BCUT2D eigenvalue weighted by Gasteiger charge is -2.38. The van der Waals surface area contributed by atoms with Crippen molar-refractivity contribution in [1.82, 2.24) is 9.88 Å². The number of rotatable bonds is 5. The molecule has 2 fully saturated rings. The van der Waals surface area contributed by atoms with E-state index in [0.717, 1.165) is 29.3 Å². The van der Waals surface area contributed by atoms with Crippen molar-refractivity contribution in [2.45, 2.75) is 25.3 Å². The van der Waals surface area contributed by atoms with Crippen LogP contribution in [0, 0.1) is 23.7 Å². The number of imide groups is 1. The van der Waals surface area contributed by atoms with E-state index < -0.39 is 6.04 Å². The summed E-state index contributed by atoms with van der Waals surface area (Å²) in [6.45, 7) is 0. The minimum Gasteiger partial charge on any atom is -0.326 e. The SMILES string of the molecule is O=C(C[C@@H](c1ccccc1)N1C(=O)[C@@H]2[C@H](C1=O)[C@H]1C=C[C@H]2CC1)Nc1ccc2ncccc2c1. The summed E-state index contributed by atoms with van der Waals surface area (Å²) in [7, 11) is 0. The molecule has 170 valence electrons. The fourth-order valence-electron chi connectivity index (χ4n) is 5.98. The smallest absolute Gasteiger partial charge is 0.234 e. The highest BCUT2D eigenvalue weighted by Crippen LogP contribution is 2.51. The van der Waals surface area contributed by atoms with Crippen molar-refractivity contribution in [1.29, 1.82) is 0 Å². The zero-order valence-corrected chi connectivity index (χ0v) is 18.6. The number of fused-ring (bicyclic) bond motifs is 2. The topological polar surface area (TPSA) is 79.4 Å². The number of aromatic nitrogens is 1. The Hall–Kier alpha value is -3.80. The average molecular weight is 452 g/mol. The number of benzene rings is 2. The number of hydrogen-bond donors (Lipinski definition) is 1. The number of amides is 3. The Labute approximate surface area is 197 Å². The molecular weight excluding hydrogens is 426 g/mol. The van der Waals surface area contributed by atoms with Crippen LogP contribution in [-0.2, 0) is 14.4 Å². The molecule has 3 aromatic rings. The molecule has 0 unspecified atom stereocenters. The van der Waals surface area contributed by atoms with Crippen molar-refractivity contribution in [3.8, 4) is 0 Å². The number of hydrogen-bond acceptors (Lipinski definition) is 4. The van der Waals surface area contributed by atoms with Gasteiger partial charge in [0.25, 0.3) is 0 Å². The van der Waals surface area contributed by atoms with Crippen LogP contribution in [0.25, 0.3) is 10.9 Å². The quantitative estimate of drug-likeness (QED) is 0.458. The Morgan fingerprint density at radius 2 is 1.65 bits per heavy atom. The summed E-state index contributed by atoms with van der Waals surface area (Å²) in [6.07, 6.45) is 7.86. The number of pyridine rings is 1. The lowest BCUT2D eigenvalue weighted by molar-refractivity contribution is -0.143. The van der Waals surface area contributed by atoms with Crippen molar-refractivity contribution in [2.75, 3.05) is 5.32 Å². The molecule has 7 rings (SSSR count). The number of anilines is 1. The molecule has 1 saturated heterocycles. The molecule has 0 spiro atoms. The van der Waals surface area contributed by atoms with Gasteiger partial charge in [-0.15, -0.1) is 0 Å². The molecule has 3 amide bonds. The lowest BCUT2D eigenvalue weighted by atomic mass is 9.63. The maximum atomic E-state index is 13.6. The molecular formula is C28H25N3O3. The molecule has 34 heavy (non-hydrogen) atoms. The molecule has 1 N–H and O–H groups in total. The van der Waals surface area contributed by atoms with Crippen LogP contribution in [0.1, 0.15) is 30.9 Å². The van der Waals surface area contributed by atoms with Crippen LogP contribution in [0.2, 0.25) is 0 Å². The maximum Gasteiger partial charge on any atom is 0.234 e. The number of carbonyl (C=O) groups excluding carboxylic acids is 3. The molecule has 2 bridgehead atoms. The molecule has 6 nitrogen and oxygen atoms in total. The van der Waals surface area contributed by atoms with E-state index in [4.69, 9.17) is 0 Å². The van der Waals surface area contributed by atoms with Crippen LogP contribution in [-0.4, -0.2) is 27.6 Å². The largest absolute Gasteiger partial charge is 0.326 e. The van der Waals surface area contributed by atoms with Crippen LogP contribution in [0.4, 0.5) is 5.69 Å². The van der Waals surface area contributed by atoms with Gasteiger partial charge in [0.1, 0.15) is 0 Å². The predicted octanol–water partition coefficient (Wildman–Crippen LogP) is 4.50. The molecule has 2 heterocycles. The van der Waals surface area contributed by atoms with Gasteiger partial charge in [0.05, 0.1) is 29.8 Å². The summed E-state index contributed by atoms with van der Waals surface area (Å²) in [5.74, 6) is -0.855. The van der Waals surface area contributed by atoms with Crippen LogP contribution in [0.5, 0.6) is 0 Å². The summed E-state index contributed by atoms with van der Waals surface area (Å²) in [6, 6.07) is 18.1. The van der Waals surface area contributed by atoms with Crippen LogP contribution < -0.4 is 5.32 Å². The molecule has 1 aromatic heterocycles. The van der Waals surface area contributed by atoms with Crippen LogP contribution in [0.15, 0.2) is 79.0 Å². The Balaban J connectivity index is 1.29. The third-order valence-corrected chi connectivity index (χ3v) is 7.55. The summed E-state index contributed by atoms with van der Waals surface area (Å²) in [5.41, 5.74) is 2.30. The molecule has 4 aliphatic rings.